The van der Waals surface area contributed by atoms with Gasteiger partial charge >= 0.3 is 5.97 Å². The van der Waals surface area contributed by atoms with Crippen LogP contribution in [0.4, 0.5) is 18.3 Å². The molecule has 1 amide bonds. The number of rotatable bonds is 9. The summed E-state index contributed by atoms with van der Waals surface area (Å²) in [6.45, 7) is 3.39. The molecule has 2 N–H and O–H groups in total. The van der Waals surface area contributed by atoms with Crippen molar-refractivity contribution in [2.45, 2.75) is 20.0 Å². The number of carboxylic acid groups (broad SMARTS) is 1. The molecule has 0 aliphatic carbocycles. The summed E-state index contributed by atoms with van der Waals surface area (Å²) < 4.78 is 50.5. The lowest BCUT2D eigenvalue weighted by Crippen LogP contribution is -2.13. The Morgan fingerprint density at radius 3 is 2.41 bits per heavy atom. The third kappa shape index (κ3) is 6.24. The van der Waals surface area contributed by atoms with Crippen LogP contribution in [0.5, 0.6) is 0 Å². The molecular weight excluding hydrogens is 529 g/mol. The van der Waals surface area contributed by atoms with Crippen molar-refractivity contribution in [2.75, 3.05) is 11.9 Å². The number of hydrogen-bond donors (Lipinski definition) is 2. The van der Waals surface area contributed by atoms with E-state index >= 15 is 4.39 Å². The Bertz CT molecular complexity index is 1530. The maximum absolute atomic E-state index is 15.7. The van der Waals surface area contributed by atoms with Crippen LogP contribution in [0.2, 0.25) is 0 Å². The first-order valence-electron chi connectivity index (χ1n) is 11.8. The van der Waals surface area contributed by atoms with E-state index in [0.29, 0.717) is 12.2 Å². The number of nitrogens with zero attached hydrogens (tertiary/aromatic N) is 1. The van der Waals surface area contributed by atoms with E-state index in [1.807, 2.05) is 37.3 Å². The van der Waals surface area contributed by atoms with Crippen molar-refractivity contribution in [1.29, 1.82) is 0 Å². The molecule has 6 nitrogen and oxygen atoms in total. The highest BCUT2D eigenvalue weighted by Crippen LogP contribution is 2.34. The van der Waals surface area contributed by atoms with Crippen molar-refractivity contribution in [3.05, 3.63) is 111 Å². The van der Waals surface area contributed by atoms with Crippen LogP contribution in [0, 0.1) is 17.5 Å². The SMILES string of the molecule is CCOC(c1ccccc1)c1cccc(-c2csc(NC(=O)c3cc(F)c(/C=C(\C)C(=O)O)c(F)c3)n2)c1F. The molecule has 1 atom stereocenters. The van der Waals surface area contributed by atoms with Crippen molar-refractivity contribution in [3.8, 4) is 11.3 Å². The van der Waals surface area contributed by atoms with Crippen LogP contribution in [0.15, 0.2) is 71.6 Å². The van der Waals surface area contributed by atoms with Gasteiger partial charge in [0.25, 0.3) is 5.91 Å². The van der Waals surface area contributed by atoms with E-state index in [-0.39, 0.29) is 27.5 Å². The molecule has 0 spiro atoms. The number of amides is 1. The molecule has 1 unspecified atom stereocenters. The minimum absolute atomic E-state index is 0.0933. The van der Waals surface area contributed by atoms with E-state index in [9.17, 15) is 18.4 Å². The summed E-state index contributed by atoms with van der Waals surface area (Å²) in [6.07, 6.45) is 0.217. The zero-order chi connectivity index (χ0) is 28.1. The molecule has 1 heterocycles. The number of anilines is 1. The smallest absolute Gasteiger partial charge is 0.331 e. The number of hydrogen-bond acceptors (Lipinski definition) is 5. The van der Waals surface area contributed by atoms with Crippen molar-refractivity contribution < 1.29 is 32.6 Å². The number of halogens is 3. The van der Waals surface area contributed by atoms with Gasteiger partial charge in [0.15, 0.2) is 5.13 Å². The highest BCUT2D eigenvalue weighted by atomic mass is 32.1. The topological polar surface area (TPSA) is 88.5 Å². The Hall–Kier alpha value is -4.28. The summed E-state index contributed by atoms with van der Waals surface area (Å²) in [5.41, 5.74) is 0.416. The lowest BCUT2D eigenvalue weighted by Gasteiger charge is -2.19. The third-order valence-corrected chi connectivity index (χ3v) is 6.54. The first-order chi connectivity index (χ1) is 18.7. The van der Waals surface area contributed by atoms with Gasteiger partial charge in [0.2, 0.25) is 0 Å². The molecule has 0 saturated carbocycles. The summed E-state index contributed by atoms with van der Waals surface area (Å²) in [6, 6.07) is 15.7. The Balaban J connectivity index is 1.58. The molecule has 0 aliphatic rings. The first-order valence-corrected chi connectivity index (χ1v) is 12.7. The predicted octanol–water partition coefficient (Wildman–Crippen LogP) is 7.09. The van der Waals surface area contributed by atoms with Crippen LogP contribution >= 0.6 is 11.3 Å². The molecule has 3 aromatic carbocycles. The normalized spacial score (nSPS) is 12.3. The van der Waals surface area contributed by atoms with Crippen molar-refractivity contribution >= 4 is 34.4 Å². The number of carboxylic acids is 1. The maximum atomic E-state index is 15.7. The summed E-state index contributed by atoms with van der Waals surface area (Å²) in [5.74, 6) is -4.88. The summed E-state index contributed by atoms with van der Waals surface area (Å²) >= 11 is 1.02. The molecule has 0 saturated heterocycles. The van der Waals surface area contributed by atoms with Crippen molar-refractivity contribution in [3.63, 3.8) is 0 Å². The number of aliphatic carboxylic acids is 1. The van der Waals surface area contributed by atoms with Crippen molar-refractivity contribution in [1.82, 2.24) is 4.98 Å². The van der Waals surface area contributed by atoms with Gasteiger partial charge in [0.1, 0.15) is 23.6 Å². The highest BCUT2D eigenvalue weighted by molar-refractivity contribution is 7.14. The molecule has 0 bridgehead atoms. The molecule has 0 aliphatic heterocycles. The van der Waals surface area contributed by atoms with Gasteiger partial charge < -0.3 is 9.84 Å². The predicted molar refractivity (Wildman–Crippen MR) is 143 cm³/mol. The molecule has 0 fully saturated rings. The summed E-state index contributed by atoms with van der Waals surface area (Å²) in [5, 5.41) is 13.1. The Labute approximate surface area is 226 Å². The zero-order valence-electron chi connectivity index (χ0n) is 20.9. The van der Waals surface area contributed by atoms with Crippen LogP contribution in [0.3, 0.4) is 0 Å². The summed E-state index contributed by atoms with van der Waals surface area (Å²) in [4.78, 5) is 27.9. The number of ether oxygens (including phenoxy) is 1. The number of aromatic nitrogens is 1. The van der Waals surface area contributed by atoms with Crippen LogP contribution < -0.4 is 5.32 Å². The summed E-state index contributed by atoms with van der Waals surface area (Å²) in [7, 11) is 0. The third-order valence-electron chi connectivity index (χ3n) is 5.79. The van der Waals surface area contributed by atoms with E-state index in [1.54, 1.807) is 23.6 Å². The second kappa shape index (κ2) is 12.1. The van der Waals surface area contributed by atoms with Gasteiger partial charge in [-0.15, -0.1) is 11.3 Å². The fourth-order valence-corrected chi connectivity index (χ4v) is 4.57. The molecule has 4 rings (SSSR count). The molecule has 39 heavy (non-hydrogen) atoms. The Morgan fingerprint density at radius 2 is 1.77 bits per heavy atom. The largest absolute Gasteiger partial charge is 0.478 e. The highest BCUT2D eigenvalue weighted by Gasteiger charge is 2.22. The lowest BCUT2D eigenvalue weighted by molar-refractivity contribution is -0.132. The van der Waals surface area contributed by atoms with E-state index in [0.717, 1.165) is 35.1 Å². The van der Waals surface area contributed by atoms with E-state index < -0.39 is 41.0 Å². The van der Waals surface area contributed by atoms with Gasteiger partial charge in [0.05, 0.1) is 5.69 Å². The first kappa shape index (κ1) is 27.7. The number of carbonyl (C=O) groups excluding carboxylic acids is 1. The zero-order valence-corrected chi connectivity index (χ0v) is 21.7. The van der Waals surface area contributed by atoms with Gasteiger partial charge in [-0.25, -0.2) is 22.9 Å². The average Bonchev–Trinajstić information content (AvgIpc) is 3.38. The fourth-order valence-electron chi connectivity index (χ4n) is 3.87. The minimum atomic E-state index is -1.33. The molecule has 4 aromatic rings. The van der Waals surface area contributed by atoms with Gasteiger partial charge in [-0.2, -0.15) is 0 Å². The van der Waals surface area contributed by atoms with Crippen molar-refractivity contribution in [2.24, 2.45) is 0 Å². The molecule has 200 valence electrons. The molecule has 0 radical (unpaired) electrons. The molecule has 1 aromatic heterocycles. The van der Waals surface area contributed by atoms with Crippen LogP contribution in [0.1, 0.15) is 47.0 Å². The van der Waals surface area contributed by atoms with Crippen LogP contribution in [-0.2, 0) is 9.53 Å². The Morgan fingerprint density at radius 1 is 1.08 bits per heavy atom. The number of thiazole rings is 1. The van der Waals surface area contributed by atoms with E-state index in [1.165, 1.54) is 6.92 Å². The number of benzene rings is 3. The monoisotopic (exact) mass is 552 g/mol. The number of nitrogens with one attached hydrogen (secondary N) is 1. The van der Waals surface area contributed by atoms with Gasteiger partial charge in [-0.05, 0) is 43.7 Å². The molecule has 10 heteroatoms. The molecular formula is C29H23F3N2O4S. The van der Waals surface area contributed by atoms with Gasteiger partial charge in [-0.3, -0.25) is 10.1 Å². The van der Waals surface area contributed by atoms with Gasteiger partial charge in [-0.1, -0.05) is 42.5 Å². The number of carbonyl (C=O) groups is 2. The Kier molecular flexibility index (Phi) is 8.58. The van der Waals surface area contributed by atoms with E-state index in [4.69, 9.17) is 9.84 Å². The lowest BCUT2D eigenvalue weighted by atomic mass is 9.98. The standard InChI is InChI=1S/C29H23F3N2O4S/c1-3-38-26(17-8-5-4-6-9-17)20-11-7-10-19(25(20)32)24-15-39-29(33-24)34-27(35)18-13-22(30)21(23(31)14-18)12-16(2)28(36)37/h4-15,26H,3H2,1-2H3,(H,36,37)(H,33,34,35)/b16-12+. The van der Waals surface area contributed by atoms with E-state index in [2.05, 4.69) is 10.3 Å². The minimum Gasteiger partial charge on any atom is -0.478 e. The average molecular weight is 553 g/mol. The quantitative estimate of drug-likeness (QED) is 0.216. The fraction of sp³-hybridized carbons (Fsp3) is 0.138. The van der Waals surface area contributed by atoms with Gasteiger partial charge in [0, 0.05) is 39.8 Å². The van der Waals surface area contributed by atoms with Crippen LogP contribution in [0.25, 0.3) is 17.3 Å². The second-order valence-electron chi connectivity index (χ2n) is 8.43. The maximum Gasteiger partial charge on any atom is 0.331 e. The van der Waals surface area contributed by atoms with Crippen LogP contribution in [-0.4, -0.2) is 28.6 Å². The second-order valence-corrected chi connectivity index (χ2v) is 9.29.